The van der Waals surface area contributed by atoms with Crippen LogP contribution in [0.4, 0.5) is 0 Å². The molecule has 0 saturated heterocycles. The maximum Gasteiger partial charge on any atom is 0.308 e. The molecule has 92 valence electrons. The molecule has 0 aromatic heterocycles. The van der Waals surface area contributed by atoms with Gasteiger partial charge in [-0.2, -0.15) is 0 Å². The molecule has 1 unspecified atom stereocenters. The molecule has 0 radical (unpaired) electrons. The molecule has 0 bridgehead atoms. The lowest BCUT2D eigenvalue weighted by molar-refractivity contribution is -0.150. The third-order valence-electron chi connectivity index (χ3n) is 3.81. The van der Waals surface area contributed by atoms with Crippen molar-refractivity contribution in [3.63, 3.8) is 0 Å². The van der Waals surface area contributed by atoms with Gasteiger partial charge in [-0.05, 0) is 37.2 Å². The minimum atomic E-state index is -0.0380. The monoisotopic (exact) mass is 232 g/mol. The van der Waals surface area contributed by atoms with Crippen LogP contribution in [0.3, 0.4) is 0 Å². The minimum absolute atomic E-state index is 0.0380. The maximum atomic E-state index is 11.6. The number of esters is 1. The van der Waals surface area contributed by atoms with Gasteiger partial charge in [0.05, 0.1) is 12.5 Å². The first-order chi connectivity index (χ1) is 8.22. The van der Waals surface area contributed by atoms with Gasteiger partial charge in [0.15, 0.2) is 0 Å². The molecular formula is C15H20O2. The third kappa shape index (κ3) is 2.68. The second-order valence-corrected chi connectivity index (χ2v) is 4.88. The third-order valence-corrected chi connectivity index (χ3v) is 3.81. The number of rotatable bonds is 4. The van der Waals surface area contributed by atoms with Crippen LogP contribution in [0.15, 0.2) is 30.3 Å². The average molecular weight is 232 g/mol. The van der Waals surface area contributed by atoms with Gasteiger partial charge in [0.2, 0.25) is 0 Å². The Kier molecular flexibility index (Phi) is 3.82. The van der Waals surface area contributed by atoms with E-state index in [2.05, 4.69) is 24.3 Å². The van der Waals surface area contributed by atoms with Crippen LogP contribution in [0.1, 0.15) is 38.2 Å². The highest BCUT2D eigenvalue weighted by atomic mass is 16.5. The van der Waals surface area contributed by atoms with Gasteiger partial charge in [-0.25, -0.2) is 0 Å². The largest absolute Gasteiger partial charge is 0.466 e. The Hall–Kier alpha value is -1.31. The van der Waals surface area contributed by atoms with Crippen molar-refractivity contribution in [1.82, 2.24) is 0 Å². The minimum Gasteiger partial charge on any atom is -0.466 e. The SMILES string of the molecule is CCOC(=O)C(C)C1CC(c2ccccc2)C1. The lowest BCUT2D eigenvalue weighted by Gasteiger charge is -2.38. The predicted molar refractivity (Wildman–Crippen MR) is 67.7 cm³/mol. The van der Waals surface area contributed by atoms with E-state index in [9.17, 15) is 4.79 Å². The second kappa shape index (κ2) is 5.35. The molecule has 1 atom stereocenters. The first kappa shape index (κ1) is 12.2. The lowest BCUT2D eigenvalue weighted by atomic mass is 9.66. The van der Waals surface area contributed by atoms with E-state index >= 15 is 0 Å². The van der Waals surface area contributed by atoms with E-state index in [0.29, 0.717) is 18.4 Å². The van der Waals surface area contributed by atoms with Crippen LogP contribution in [0.25, 0.3) is 0 Å². The molecule has 0 amide bonds. The van der Waals surface area contributed by atoms with Crippen molar-refractivity contribution in [2.45, 2.75) is 32.6 Å². The summed E-state index contributed by atoms with van der Waals surface area (Å²) in [6.07, 6.45) is 2.23. The maximum absolute atomic E-state index is 11.6. The molecule has 0 N–H and O–H groups in total. The summed E-state index contributed by atoms with van der Waals surface area (Å²) in [5.41, 5.74) is 1.40. The van der Waals surface area contributed by atoms with Crippen molar-refractivity contribution in [3.05, 3.63) is 35.9 Å². The highest BCUT2D eigenvalue weighted by molar-refractivity contribution is 5.72. The lowest BCUT2D eigenvalue weighted by Crippen LogP contribution is -2.32. The summed E-state index contributed by atoms with van der Waals surface area (Å²) in [5.74, 6) is 1.15. The van der Waals surface area contributed by atoms with E-state index < -0.39 is 0 Å². The molecule has 1 aromatic carbocycles. The Morgan fingerprint density at radius 2 is 2.00 bits per heavy atom. The highest BCUT2D eigenvalue weighted by Crippen LogP contribution is 2.45. The normalized spacial score (nSPS) is 24.8. The van der Waals surface area contributed by atoms with E-state index in [1.54, 1.807) is 0 Å². The van der Waals surface area contributed by atoms with Gasteiger partial charge in [-0.1, -0.05) is 37.3 Å². The van der Waals surface area contributed by atoms with Gasteiger partial charge in [0.1, 0.15) is 0 Å². The summed E-state index contributed by atoms with van der Waals surface area (Å²) in [5, 5.41) is 0. The highest BCUT2D eigenvalue weighted by Gasteiger charge is 2.37. The van der Waals surface area contributed by atoms with Crippen molar-refractivity contribution < 1.29 is 9.53 Å². The van der Waals surface area contributed by atoms with Gasteiger partial charge >= 0.3 is 5.97 Å². The van der Waals surface area contributed by atoms with Crippen molar-refractivity contribution in [3.8, 4) is 0 Å². The Labute approximate surface area is 103 Å². The molecule has 1 fully saturated rings. The quantitative estimate of drug-likeness (QED) is 0.744. The van der Waals surface area contributed by atoms with Crippen LogP contribution < -0.4 is 0 Å². The molecule has 2 heteroatoms. The molecule has 1 aliphatic carbocycles. The summed E-state index contributed by atoms with van der Waals surface area (Å²) in [7, 11) is 0. The number of hydrogen-bond acceptors (Lipinski definition) is 2. The van der Waals surface area contributed by atoms with E-state index in [-0.39, 0.29) is 11.9 Å². The standard InChI is InChI=1S/C15H20O2/c1-3-17-15(16)11(2)13-9-14(10-13)12-7-5-4-6-8-12/h4-8,11,13-14H,3,9-10H2,1-2H3. The van der Waals surface area contributed by atoms with E-state index in [0.717, 1.165) is 12.8 Å². The molecule has 2 rings (SSSR count). The van der Waals surface area contributed by atoms with Crippen molar-refractivity contribution >= 4 is 5.97 Å². The van der Waals surface area contributed by atoms with E-state index in [1.807, 2.05) is 19.9 Å². The number of carbonyl (C=O) groups is 1. The van der Waals surface area contributed by atoms with Crippen LogP contribution in [0, 0.1) is 11.8 Å². The molecule has 0 heterocycles. The number of hydrogen-bond donors (Lipinski definition) is 0. The zero-order valence-electron chi connectivity index (χ0n) is 10.6. The molecule has 1 saturated carbocycles. The van der Waals surface area contributed by atoms with Gasteiger partial charge in [0, 0.05) is 0 Å². The second-order valence-electron chi connectivity index (χ2n) is 4.88. The fraction of sp³-hybridized carbons (Fsp3) is 0.533. The van der Waals surface area contributed by atoms with Gasteiger partial charge < -0.3 is 4.74 Å². The Bertz CT molecular complexity index is 366. The molecule has 1 aliphatic rings. The van der Waals surface area contributed by atoms with Crippen molar-refractivity contribution in [2.24, 2.45) is 11.8 Å². The zero-order valence-corrected chi connectivity index (χ0v) is 10.6. The van der Waals surface area contributed by atoms with E-state index in [4.69, 9.17) is 4.74 Å². The molecular weight excluding hydrogens is 212 g/mol. The van der Waals surface area contributed by atoms with Crippen LogP contribution in [-0.2, 0) is 9.53 Å². The first-order valence-electron chi connectivity index (χ1n) is 6.44. The molecule has 2 nitrogen and oxygen atoms in total. The summed E-state index contributed by atoms with van der Waals surface area (Å²) < 4.78 is 5.06. The predicted octanol–water partition coefficient (Wildman–Crippen LogP) is 3.38. The molecule has 0 aliphatic heterocycles. The molecule has 1 aromatic rings. The van der Waals surface area contributed by atoms with Gasteiger partial charge in [-0.3, -0.25) is 4.79 Å². The van der Waals surface area contributed by atoms with Crippen LogP contribution >= 0.6 is 0 Å². The van der Waals surface area contributed by atoms with Gasteiger partial charge in [0.25, 0.3) is 0 Å². The zero-order chi connectivity index (χ0) is 12.3. The van der Waals surface area contributed by atoms with Gasteiger partial charge in [-0.15, -0.1) is 0 Å². The van der Waals surface area contributed by atoms with Crippen molar-refractivity contribution in [2.75, 3.05) is 6.61 Å². The Balaban J connectivity index is 1.85. The summed E-state index contributed by atoms with van der Waals surface area (Å²) >= 11 is 0. The number of ether oxygens (including phenoxy) is 1. The summed E-state index contributed by atoms with van der Waals surface area (Å²) in [6, 6.07) is 10.6. The van der Waals surface area contributed by atoms with Crippen LogP contribution in [0.2, 0.25) is 0 Å². The average Bonchev–Trinajstić information content (AvgIpc) is 2.28. The smallest absolute Gasteiger partial charge is 0.308 e. The topological polar surface area (TPSA) is 26.3 Å². The van der Waals surface area contributed by atoms with Crippen LogP contribution in [0.5, 0.6) is 0 Å². The molecule has 0 spiro atoms. The summed E-state index contributed by atoms with van der Waals surface area (Å²) in [4.78, 5) is 11.6. The summed E-state index contributed by atoms with van der Waals surface area (Å²) in [6.45, 7) is 4.33. The Morgan fingerprint density at radius 3 is 2.59 bits per heavy atom. The molecule has 17 heavy (non-hydrogen) atoms. The van der Waals surface area contributed by atoms with E-state index in [1.165, 1.54) is 5.56 Å². The first-order valence-corrected chi connectivity index (χ1v) is 6.44. The number of benzene rings is 1. The fourth-order valence-electron chi connectivity index (χ4n) is 2.53. The Morgan fingerprint density at radius 1 is 1.35 bits per heavy atom. The fourth-order valence-corrected chi connectivity index (χ4v) is 2.53. The van der Waals surface area contributed by atoms with Crippen LogP contribution in [-0.4, -0.2) is 12.6 Å². The van der Waals surface area contributed by atoms with Crippen molar-refractivity contribution in [1.29, 1.82) is 0 Å². The number of carbonyl (C=O) groups excluding carboxylic acids is 1.